The molecule has 1 saturated carbocycles. The molecule has 0 amide bonds. The number of aromatic nitrogens is 3. The smallest absolute Gasteiger partial charge is 0.223 e. The fourth-order valence-corrected chi connectivity index (χ4v) is 10.3. The molecule has 12 heteroatoms. The van der Waals surface area contributed by atoms with Crippen molar-refractivity contribution >= 4 is 37.9 Å². The van der Waals surface area contributed by atoms with Crippen LogP contribution in [0.3, 0.4) is 0 Å². The van der Waals surface area contributed by atoms with Crippen molar-refractivity contribution in [3.8, 4) is 21.8 Å². The first-order chi connectivity index (χ1) is 18.2. The van der Waals surface area contributed by atoms with Crippen molar-refractivity contribution in [2.45, 2.75) is 43.8 Å². The third-order valence-corrected chi connectivity index (χ3v) is 11.6. The quantitative estimate of drug-likeness (QED) is 0.458. The molecule has 2 aromatic heterocycles. The molecule has 0 radical (unpaired) electrons. The lowest BCUT2D eigenvalue weighted by molar-refractivity contribution is 0.153. The fraction of sp³-hybridized carbons (Fsp3) is 0.500. The van der Waals surface area contributed by atoms with Gasteiger partial charge < -0.3 is 20.9 Å². The van der Waals surface area contributed by atoms with Crippen molar-refractivity contribution in [1.82, 2.24) is 19.9 Å². The molecule has 7 rings (SSSR count). The number of anilines is 3. The Hall–Kier alpha value is -2.83. The second kappa shape index (κ2) is 8.59. The number of likely N-dealkylation sites (N-methyl/N-ethyl adjacent to an activating group) is 1. The maximum Gasteiger partial charge on any atom is 0.223 e. The first-order valence-electron chi connectivity index (χ1n) is 13.0. The lowest BCUT2D eigenvalue weighted by Gasteiger charge is -2.53. The highest BCUT2D eigenvalue weighted by Crippen LogP contribution is 2.51. The number of halogens is 1. The van der Waals surface area contributed by atoms with E-state index in [2.05, 4.69) is 27.1 Å². The standard InChI is InChI=1S/C26H30FN7O2S2/c1-33-11-16-5-6-17(12-33)34(16)25-32-22(18-3-2-4-19(28)21(18)27)23(37-25)20-7-8-29-24(31-20)30-15-9-26(10-15)13-38(35,36)14-26/h2-4,7-8,15-17H,5-6,9-14,28H2,1H3,(H,29,30,31). The molecule has 1 aliphatic carbocycles. The summed E-state index contributed by atoms with van der Waals surface area (Å²) in [6.07, 6.45) is 5.55. The number of nitrogens with two attached hydrogens (primary N) is 1. The van der Waals surface area contributed by atoms with Crippen LogP contribution in [-0.4, -0.2) is 78.0 Å². The number of piperazine rings is 1. The molecule has 1 aromatic carbocycles. The van der Waals surface area contributed by atoms with E-state index in [1.165, 1.54) is 0 Å². The topological polar surface area (TPSA) is 117 Å². The van der Waals surface area contributed by atoms with Crippen LogP contribution in [0.15, 0.2) is 30.5 Å². The molecule has 1 spiro atoms. The van der Waals surface area contributed by atoms with Crippen LogP contribution in [0.25, 0.3) is 21.8 Å². The molecular weight excluding hydrogens is 525 g/mol. The Morgan fingerprint density at radius 2 is 1.87 bits per heavy atom. The molecule has 9 nitrogen and oxygen atoms in total. The summed E-state index contributed by atoms with van der Waals surface area (Å²) >= 11 is 1.54. The van der Waals surface area contributed by atoms with Gasteiger partial charge in [0.2, 0.25) is 5.95 Å². The molecule has 2 atom stereocenters. The van der Waals surface area contributed by atoms with Crippen molar-refractivity contribution in [3.63, 3.8) is 0 Å². The molecular formula is C26H30FN7O2S2. The Kier molecular flexibility index (Phi) is 5.47. The average molecular weight is 556 g/mol. The second-order valence-corrected chi connectivity index (χ2v) is 14.5. The van der Waals surface area contributed by atoms with E-state index >= 15 is 4.39 Å². The summed E-state index contributed by atoms with van der Waals surface area (Å²) in [6.45, 7) is 1.97. The number of nitrogens with one attached hydrogen (secondary N) is 1. The second-order valence-electron chi connectivity index (χ2n) is 11.4. The van der Waals surface area contributed by atoms with E-state index in [1.807, 2.05) is 6.07 Å². The molecule has 200 valence electrons. The van der Waals surface area contributed by atoms with E-state index in [-0.39, 0.29) is 28.6 Å². The molecule has 3 aromatic rings. The Morgan fingerprint density at radius 1 is 1.13 bits per heavy atom. The SMILES string of the molecule is CN1CC2CCC(C1)N2c1nc(-c2cccc(N)c2F)c(-c2ccnc(NC3CC4(C3)CS(=O)(=O)C4)n2)s1. The van der Waals surface area contributed by atoms with E-state index in [0.717, 1.165) is 48.8 Å². The van der Waals surface area contributed by atoms with Crippen LogP contribution in [0.5, 0.6) is 0 Å². The number of fused-ring (bicyclic) bond motifs is 2. The van der Waals surface area contributed by atoms with Gasteiger partial charge in [0.1, 0.15) is 0 Å². The van der Waals surface area contributed by atoms with Crippen LogP contribution in [0.2, 0.25) is 0 Å². The Morgan fingerprint density at radius 3 is 2.58 bits per heavy atom. The molecule has 3 aliphatic heterocycles. The predicted octanol–water partition coefficient (Wildman–Crippen LogP) is 3.26. The van der Waals surface area contributed by atoms with Crippen molar-refractivity contribution in [2.75, 3.05) is 47.6 Å². The van der Waals surface area contributed by atoms with Crippen molar-refractivity contribution < 1.29 is 12.8 Å². The van der Waals surface area contributed by atoms with Crippen molar-refractivity contribution in [2.24, 2.45) is 5.41 Å². The zero-order valence-electron chi connectivity index (χ0n) is 21.1. The number of hydrogen-bond acceptors (Lipinski definition) is 10. The number of hydrogen-bond donors (Lipinski definition) is 2. The summed E-state index contributed by atoms with van der Waals surface area (Å²) < 4.78 is 38.5. The monoisotopic (exact) mass is 555 g/mol. The van der Waals surface area contributed by atoms with Gasteiger partial charge in [0.15, 0.2) is 20.8 Å². The van der Waals surface area contributed by atoms with Gasteiger partial charge in [-0.3, -0.25) is 0 Å². The maximum atomic E-state index is 15.3. The largest absolute Gasteiger partial charge is 0.396 e. The lowest BCUT2D eigenvalue weighted by atomic mass is 9.67. The minimum absolute atomic E-state index is 0.0690. The molecule has 2 bridgehead atoms. The summed E-state index contributed by atoms with van der Waals surface area (Å²) in [5.74, 6) is 0.575. The van der Waals surface area contributed by atoms with Crippen LogP contribution in [0.1, 0.15) is 25.7 Å². The van der Waals surface area contributed by atoms with Crippen LogP contribution >= 0.6 is 11.3 Å². The first kappa shape index (κ1) is 24.2. The summed E-state index contributed by atoms with van der Waals surface area (Å²) in [4.78, 5) is 19.8. The van der Waals surface area contributed by atoms with E-state index < -0.39 is 15.7 Å². The minimum Gasteiger partial charge on any atom is -0.396 e. The summed E-state index contributed by atoms with van der Waals surface area (Å²) in [6, 6.07) is 7.77. The number of likely N-dealkylation sites (tertiary alicyclic amines) is 1. The highest BCUT2D eigenvalue weighted by atomic mass is 32.2. The first-order valence-corrected chi connectivity index (χ1v) is 15.6. The zero-order valence-corrected chi connectivity index (χ0v) is 22.7. The Labute approximate surface area is 225 Å². The highest BCUT2D eigenvalue weighted by molar-refractivity contribution is 7.92. The summed E-state index contributed by atoms with van der Waals surface area (Å²) in [7, 11) is -0.692. The van der Waals surface area contributed by atoms with Gasteiger partial charge in [-0.2, -0.15) is 0 Å². The average Bonchev–Trinajstić information content (AvgIpc) is 3.37. The lowest BCUT2D eigenvalue weighted by Crippen LogP contribution is -2.60. The number of sulfone groups is 1. The Bertz CT molecular complexity index is 1490. The number of nitrogen functional groups attached to an aromatic ring is 1. The van der Waals surface area contributed by atoms with Gasteiger partial charge in [-0.05, 0) is 50.9 Å². The van der Waals surface area contributed by atoms with E-state index in [0.29, 0.717) is 35.0 Å². The van der Waals surface area contributed by atoms with Crippen molar-refractivity contribution in [3.05, 3.63) is 36.3 Å². The maximum absolute atomic E-state index is 15.3. The molecule has 3 N–H and O–H groups in total. The number of nitrogens with zero attached hydrogens (tertiary/aromatic N) is 5. The molecule has 38 heavy (non-hydrogen) atoms. The highest BCUT2D eigenvalue weighted by Gasteiger charge is 2.56. The van der Waals surface area contributed by atoms with Crippen molar-refractivity contribution in [1.29, 1.82) is 0 Å². The van der Waals surface area contributed by atoms with E-state index in [1.54, 1.807) is 35.7 Å². The predicted molar refractivity (Wildman–Crippen MR) is 147 cm³/mol. The van der Waals surface area contributed by atoms with Gasteiger partial charge >= 0.3 is 0 Å². The number of benzene rings is 1. The Balaban J connectivity index is 1.22. The fourth-order valence-electron chi connectivity index (χ4n) is 6.89. The van der Waals surface area contributed by atoms with Gasteiger partial charge in [0.05, 0.1) is 33.5 Å². The minimum atomic E-state index is -2.85. The zero-order chi connectivity index (χ0) is 26.2. The van der Waals surface area contributed by atoms with Gasteiger partial charge in [-0.25, -0.2) is 27.8 Å². The van der Waals surface area contributed by atoms with Gasteiger partial charge in [-0.1, -0.05) is 17.4 Å². The van der Waals surface area contributed by atoms with Crippen LogP contribution in [0.4, 0.5) is 21.2 Å². The summed E-state index contributed by atoms with van der Waals surface area (Å²) in [5, 5.41) is 4.26. The molecule has 4 aliphatic rings. The molecule has 5 heterocycles. The van der Waals surface area contributed by atoms with Gasteiger partial charge in [0, 0.05) is 48.4 Å². The van der Waals surface area contributed by atoms with Crippen LogP contribution < -0.4 is 16.0 Å². The molecule has 2 unspecified atom stereocenters. The van der Waals surface area contributed by atoms with Crippen LogP contribution in [0, 0.1) is 11.2 Å². The summed E-state index contributed by atoms with van der Waals surface area (Å²) in [5.41, 5.74) is 7.53. The molecule has 3 saturated heterocycles. The van der Waals surface area contributed by atoms with Gasteiger partial charge in [-0.15, -0.1) is 0 Å². The van der Waals surface area contributed by atoms with E-state index in [4.69, 9.17) is 15.7 Å². The van der Waals surface area contributed by atoms with Crippen LogP contribution in [-0.2, 0) is 9.84 Å². The van der Waals surface area contributed by atoms with E-state index in [9.17, 15) is 8.42 Å². The normalized spacial score (nSPS) is 25.8. The third kappa shape index (κ3) is 4.04. The third-order valence-electron chi connectivity index (χ3n) is 8.42. The van der Waals surface area contributed by atoms with Gasteiger partial charge in [0.25, 0.3) is 0 Å². The number of rotatable bonds is 5. The molecule has 4 fully saturated rings. The number of thiazole rings is 1.